The van der Waals surface area contributed by atoms with E-state index in [0.29, 0.717) is 11.9 Å². The molecule has 1 heterocycles. The number of anilines is 3. The number of hydrogen-bond acceptors (Lipinski definition) is 4. The molecule has 0 unspecified atom stereocenters. The highest BCUT2D eigenvalue weighted by molar-refractivity contribution is 9.10. The van der Waals surface area contributed by atoms with Crippen molar-refractivity contribution in [3.8, 4) is 0 Å². The van der Waals surface area contributed by atoms with E-state index in [9.17, 15) is 5.11 Å². The van der Waals surface area contributed by atoms with Gasteiger partial charge in [0.2, 0.25) is 0 Å². The Labute approximate surface area is 159 Å². The third-order valence-corrected chi connectivity index (χ3v) is 4.95. The van der Waals surface area contributed by atoms with E-state index in [0.717, 1.165) is 51.1 Å². The highest BCUT2D eigenvalue weighted by atomic mass is 79.9. The molecule has 0 saturated heterocycles. The largest absolute Gasteiger partial charge is 0.391 e. The fraction of sp³-hybridized carbons (Fsp3) is 0.450. The van der Waals surface area contributed by atoms with Gasteiger partial charge in [0.1, 0.15) is 5.82 Å². The molecule has 1 aromatic carbocycles. The fourth-order valence-corrected chi connectivity index (χ4v) is 3.72. The van der Waals surface area contributed by atoms with Crippen molar-refractivity contribution < 1.29 is 5.11 Å². The number of hydrogen-bond donors (Lipinski definition) is 3. The van der Waals surface area contributed by atoms with Crippen LogP contribution in [-0.2, 0) is 6.61 Å². The van der Waals surface area contributed by atoms with E-state index in [2.05, 4.69) is 71.4 Å². The van der Waals surface area contributed by atoms with Crippen molar-refractivity contribution in [3.05, 3.63) is 45.1 Å². The highest BCUT2D eigenvalue weighted by Crippen LogP contribution is 2.32. The lowest BCUT2D eigenvalue weighted by atomic mass is 10.1. The Morgan fingerprint density at radius 3 is 2.20 bits per heavy atom. The summed E-state index contributed by atoms with van der Waals surface area (Å²) in [7, 11) is 0. The molecule has 0 spiro atoms. The minimum atomic E-state index is -0.0628. The van der Waals surface area contributed by atoms with Crippen LogP contribution in [0.15, 0.2) is 22.7 Å². The summed E-state index contributed by atoms with van der Waals surface area (Å²) in [5.41, 5.74) is 5.98. The van der Waals surface area contributed by atoms with Gasteiger partial charge in [0.25, 0.3) is 0 Å². The van der Waals surface area contributed by atoms with Gasteiger partial charge in [-0.25, -0.2) is 4.98 Å². The van der Waals surface area contributed by atoms with Crippen LogP contribution in [0.2, 0.25) is 0 Å². The van der Waals surface area contributed by atoms with E-state index in [1.807, 2.05) is 13.0 Å². The Morgan fingerprint density at radius 2 is 1.68 bits per heavy atom. The predicted octanol–water partition coefficient (Wildman–Crippen LogP) is 5.61. The highest BCUT2D eigenvalue weighted by Gasteiger charge is 2.15. The van der Waals surface area contributed by atoms with Crippen LogP contribution in [0.4, 0.5) is 17.2 Å². The second-order valence-electron chi connectivity index (χ2n) is 6.49. The molecule has 0 aliphatic rings. The van der Waals surface area contributed by atoms with Gasteiger partial charge >= 0.3 is 0 Å². The van der Waals surface area contributed by atoms with Crippen molar-refractivity contribution in [1.82, 2.24) is 4.98 Å². The first-order valence-corrected chi connectivity index (χ1v) is 9.60. The second kappa shape index (κ2) is 8.68. The van der Waals surface area contributed by atoms with Gasteiger partial charge in [0.15, 0.2) is 0 Å². The third-order valence-electron chi connectivity index (χ3n) is 4.50. The maximum absolute atomic E-state index is 9.98. The first-order valence-electron chi connectivity index (χ1n) is 8.81. The number of nitrogens with one attached hydrogen (secondary N) is 2. The molecule has 136 valence electrons. The minimum absolute atomic E-state index is 0.0628. The van der Waals surface area contributed by atoms with Crippen LogP contribution in [-0.4, -0.2) is 16.1 Å². The van der Waals surface area contributed by atoms with Crippen molar-refractivity contribution in [2.24, 2.45) is 0 Å². The van der Waals surface area contributed by atoms with Gasteiger partial charge in [0.05, 0.1) is 6.61 Å². The molecular weight excluding hydrogens is 378 g/mol. The summed E-state index contributed by atoms with van der Waals surface area (Å²) < 4.78 is 1.06. The van der Waals surface area contributed by atoms with Crippen LogP contribution in [0.25, 0.3) is 0 Å². The molecule has 0 aliphatic heterocycles. The Bertz CT molecular complexity index is 719. The number of rotatable bonds is 7. The maximum Gasteiger partial charge on any atom is 0.138 e. The SMILES string of the molecule is CCC(CC)Nc1cc(C)nc(Nc2c(C)cc(Br)cc2C)c1CO. The zero-order valence-electron chi connectivity index (χ0n) is 15.7. The molecule has 1 aromatic heterocycles. The van der Waals surface area contributed by atoms with Crippen molar-refractivity contribution >= 4 is 33.1 Å². The van der Waals surface area contributed by atoms with E-state index in [1.54, 1.807) is 0 Å². The number of aryl methyl sites for hydroxylation is 3. The normalized spacial score (nSPS) is 11.0. The molecule has 2 rings (SSSR count). The summed E-state index contributed by atoms with van der Waals surface area (Å²) in [6.07, 6.45) is 2.08. The standard InChI is InChI=1S/C20H28BrN3O/c1-6-16(7-2)23-18-10-14(5)22-20(17(18)11-25)24-19-12(3)8-15(21)9-13(19)4/h8-10,16,25H,6-7,11H2,1-5H3,(H2,22,23,24). The molecule has 0 atom stereocenters. The van der Waals surface area contributed by atoms with E-state index in [1.165, 1.54) is 0 Å². The van der Waals surface area contributed by atoms with E-state index in [-0.39, 0.29) is 6.61 Å². The number of benzene rings is 1. The first-order chi connectivity index (χ1) is 11.9. The molecule has 0 bridgehead atoms. The van der Waals surface area contributed by atoms with E-state index in [4.69, 9.17) is 0 Å². The summed E-state index contributed by atoms with van der Waals surface area (Å²) in [4.78, 5) is 4.64. The average Bonchev–Trinajstić information content (AvgIpc) is 2.55. The average molecular weight is 406 g/mol. The maximum atomic E-state index is 9.98. The zero-order chi connectivity index (χ0) is 18.6. The molecule has 0 aliphatic carbocycles. The van der Waals surface area contributed by atoms with Gasteiger partial charge in [-0.15, -0.1) is 0 Å². The van der Waals surface area contributed by atoms with Gasteiger partial charge in [-0.3, -0.25) is 0 Å². The Kier molecular flexibility index (Phi) is 6.85. The second-order valence-corrected chi connectivity index (χ2v) is 7.41. The van der Waals surface area contributed by atoms with E-state index >= 15 is 0 Å². The van der Waals surface area contributed by atoms with E-state index < -0.39 is 0 Å². The molecule has 0 fully saturated rings. The molecule has 0 saturated carbocycles. The van der Waals surface area contributed by atoms with Crippen molar-refractivity contribution in [3.63, 3.8) is 0 Å². The minimum Gasteiger partial charge on any atom is -0.391 e. The number of nitrogens with zero attached hydrogens (tertiary/aromatic N) is 1. The number of aliphatic hydroxyl groups excluding tert-OH is 1. The first kappa shape index (κ1) is 19.7. The number of aliphatic hydroxyl groups is 1. The van der Waals surface area contributed by atoms with Crippen LogP contribution in [0.5, 0.6) is 0 Å². The van der Waals surface area contributed by atoms with Crippen LogP contribution in [0.3, 0.4) is 0 Å². The molecule has 4 nitrogen and oxygen atoms in total. The van der Waals surface area contributed by atoms with Gasteiger partial charge < -0.3 is 15.7 Å². The van der Waals surface area contributed by atoms with Crippen LogP contribution < -0.4 is 10.6 Å². The monoisotopic (exact) mass is 405 g/mol. The number of halogens is 1. The Hall–Kier alpha value is -1.59. The quantitative estimate of drug-likeness (QED) is 0.560. The molecule has 0 radical (unpaired) electrons. The van der Waals surface area contributed by atoms with Crippen LogP contribution in [0.1, 0.15) is 49.1 Å². The van der Waals surface area contributed by atoms with Crippen molar-refractivity contribution in [1.29, 1.82) is 0 Å². The van der Waals surface area contributed by atoms with Gasteiger partial charge in [-0.2, -0.15) is 0 Å². The molecule has 5 heteroatoms. The van der Waals surface area contributed by atoms with Gasteiger partial charge in [-0.1, -0.05) is 29.8 Å². The molecule has 0 amide bonds. The Balaban J connectivity index is 2.46. The molecule has 2 aromatic rings. The topological polar surface area (TPSA) is 57.2 Å². The van der Waals surface area contributed by atoms with Crippen molar-refractivity contribution in [2.45, 2.75) is 60.1 Å². The third kappa shape index (κ3) is 4.73. The smallest absolute Gasteiger partial charge is 0.138 e. The Morgan fingerprint density at radius 1 is 1.08 bits per heavy atom. The molecule has 25 heavy (non-hydrogen) atoms. The summed E-state index contributed by atoms with van der Waals surface area (Å²) in [6.45, 7) is 10.4. The molecule has 3 N–H and O–H groups in total. The number of aromatic nitrogens is 1. The van der Waals surface area contributed by atoms with Crippen LogP contribution in [0, 0.1) is 20.8 Å². The molecular formula is C20H28BrN3O. The summed E-state index contributed by atoms with van der Waals surface area (Å²) in [5, 5.41) is 17.0. The summed E-state index contributed by atoms with van der Waals surface area (Å²) >= 11 is 3.53. The van der Waals surface area contributed by atoms with Gasteiger partial charge in [-0.05, 0) is 62.9 Å². The lowest BCUT2D eigenvalue weighted by Gasteiger charge is -2.22. The van der Waals surface area contributed by atoms with Crippen LogP contribution >= 0.6 is 15.9 Å². The summed E-state index contributed by atoms with van der Waals surface area (Å²) in [5.74, 6) is 0.712. The zero-order valence-corrected chi connectivity index (χ0v) is 17.3. The lowest BCUT2D eigenvalue weighted by Crippen LogP contribution is -2.19. The van der Waals surface area contributed by atoms with Crippen molar-refractivity contribution in [2.75, 3.05) is 10.6 Å². The van der Waals surface area contributed by atoms with Gasteiger partial charge in [0, 0.05) is 33.1 Å². The fourth-order valence-electron chi connectivity index (χ4n) is 3.03. The predicted molar refractivity (Wildman–Crippen MR) is 110 cm³/mol. The lowest BCUT2D eigenvalue weighted by molar-refractivity contribution is 0.282. The number of pyridine rings is 1. The summed E-state index contributed by atoms with van der Waals surface area (Å²) in [6, 6.07) is 6.55.